The molecule has 2 aromatic carbocycles. The summed E-state index contributed by atoms with van der Waals surface area (Å²) in [4.78, 5) is 0. The van der Waals surface area contributed by atoms with Crippen molar-refractivity contribution in [3.8, 4) is 17.6 Å². The van der Waals surface area contributed by atoms with E-state index in [1.807, 2.05) is 0 Å². The first-order valence-corrected chi connectivity index (χ1v) is 6.86. The lowest BCUT2D eigenvalue weighted by atomic mass is 10.1. The van der Waals surface area contributed by atoms with Gasteiger partial charge in [0.2, 0.25) is 0 Å². The maximum atomic E-state index is 14.0. The van der Waals surface area contributed by atoms with E-state index in [2.05, 4.69) is 11.8 Å². The lowest BCUT2D eigenvalue weighted by Gasteiger charge is -2.17. The van der Waals surface area contributed by atoms with Gasteiger partial charge in [0, 0.05) is 11.1 Å². The first-order valence-electron chi connectivity index (χ1n) is 6.33. The van der Waals surface area contributed by atoms with Crippen molar-refractivity contribution >= 4 is 11.6 Å². The van der Waals surface area contributed by atoms with Crippen LogP contribution in [0.1, 0.15) is 11.1 Å². The van der Waals surface area contributed by atoms with Crippen LogP contribution in [0.3, 0.4) is 0 Å². The molecule has 0 aromatic heterocycles. The zero-order valence-corrected chi connectivity index (χ0v) is 11.9. The average Bonchev–Trinajstić information content (AvgIpc) is 2.52. The number of hydrogen-bond donors (Lipinski definition) is 0. The van der Waals surface area contributed by atoms with Crippen LogP contribution in [-0.4, -0.2) is 12.5 Å². The zero-order valence-electron chi connectivity index (χ0n) is 11.2. The van der Waals surface area contributed by atoms with E-state index in [4.69, 9.17) is 16.3 Å². The SMILES string of the molecule is FC(F)(COc1cccc(C#CCCl)c1)c1ccccc1. The molecule has 4 heteroatoms. The lowest BCUT2D eigenvalue weighted by molar-refractivity contribution is -0.0467. The number of rotatable bonds is 4. The Bertz CT molecular complexity index is 645. The van der Waals surface area contributed by atoms with Crippen LogP contribution >= 0.6 is 11.6 Å². The summed E-state index contributed by atoms with van der Waals surface area (Å²) in [6, 6.07) is 14.3. The van der Waals surface area contributed by atoms with Gasteiger partial charge in [0.1, 0.15) is 5.75 Å². The Labute approximate surface area is 127 Å². The van der Waals surface area contributed by atoms with Gasteiger partial charge in [-0.05, 0) is 18.2 Å². The number of ether oxygens (including phenoxy) is 1. The van der Waals surface area contributed by atoms with Gasteiger partial charge in [-0.3, -0.25) is 0 Å². The summed E-state index contributed by atoms with van der Waals surface area (Å²) in [6.07, 6.45) is 0. The lowest BCUT2D eigenvalue weighted by Crippen LogP contribution is -2.23. The van der Waals surface area contributed by atoms with Crippen molar-refractivity contribution in [1.29, 1.82) is 0 Å². The fourth-order valence-corrected chi connectivity index (χ4v) is 1.81. The van der Waals surface area contributed by atoms with E-state index in [0.717, 1.165) is 0 Å². The molecule has 0 saturated heterocycles. The molecule has 2 rings (SSSR count). The molecule has 108 valence electrons. The smallest absolute Gasteiger partial charge is 0.306 e. The molecule has 0 spiro atoms. The second-order valence-corrected chi connectivity index (χ2v) is 4.59. The molecule has 0 N–H and O–H groups in total. The zero-order chi connectivity index (χ0) is 15.1. The third-order valence-electron chi connectivity index (χ3n) is 2.75. The van der Waals surface area contributed by atoms with Gasteiger partial charge in [-0.1, -0.05) is 48.2 Å². The van der Waals surface area contributed by atoms with E-state index in [0.29, 0.717) is 11.3 Å². The van der Waals surface area contributed by atoms with Crippen LogP contribution in [0.15, 0.2) is 54.6 Å². The fraction of sp³-hybridized carbons (Fsp3) is 0.176. The molecule has 0 aliphatic heterocycles. The van der Waals surface area contributed by atoms with E-state index in [-0.39, 0.29) is 11.4 Å². The number of alkyl halides is 3. The van der Waals surface area contributed by atoms with Gasteiger partial charge in [0.25, 0.3) is 0 Å². The van der Waals surface area contributed by atoms with Crippen LogP contribution in [0.5, 0.6) is 5.75 Å². The van der Waals surface area contributed by atoms with E-state index >= 15 is 0 Å². The largest absolute Gasteiger partial charge is 0.487 e. The van der Waals surface area contributed by atoms with E-state index < -0.39 is 12.5 Å². The van der Waals surface area contributed by atoms with E-state index in [1.165, 1.54) is 12.1 Å². The fourth-order valence-electron chi connectivity index (χ4n) is 1.74. The van der Waals surface area contributed by atoms with Gasteiger partial charge in [0.15, 0.2) is 6.61 Å². The van der Waals surface area contributed by atoms with Crippen molar-refractivity contribution in [2.75, 3.05) is 12.5 Å². The molecular formula is C17H13ClF2O. The Morgan fingerprint density at radius 1 is 1.05 bits per heavy atom. The molecule has 0 saturated carbocycles. The molecule has 2 aromatic rings. The van der Waals surface area contributed by atoms with E-state index in [1.54, 1.807) is 42.5 Å². The van der Waals surface area contributed by atoms with Crippen LogP contribution in [0.4, 0.5) is 8.78 Å². The minimum Gasteiger partial charge on any atom is -0.487 e. The average molecular weight is 307 g/mol. The number of halogens is 3. The van der Waals surface area contributed by atoms with Crippen LogP contribution in [0.25, 0.3) is 0 Å². The number of benzene rings is 2. The highest BCUT2D eigenvalue weighted by atomic mass is 35.5. The predicted octanol–water partition coefficient (Wildman–Crippen LogP) is 4.45. The minimum atomic E-state index is -3.04. The summed E-state index contributed by atoms with van der Waals surface area (Å²) >= 11 is 5.48. The summed E-state index contributed by atoms with van der Waals surface area (Å²) in [5.74, 6) is 3.05. The highest BCUT2D eigenvalue weighted by molar-refractivity contribution is 6.19. The molecule has 0 aliphatic rings. The minimum absolute atomic E-state index is 0.0666. The quantitative estimate of drug-likeness (QED) is 0.599. The van der Waals surface area contributed by atoms with E-state index in [9.17, 15) is 8.78 Å². The Hall–Kier alpha value is -2.05. The maximum absolute atomic E-state index is 14.0. The van der Waals surface area contributed by atoms with Gasteiger partial charge in [-0.2, -0.15) is 8.78 Å². The summed E-state index contributed by atoms with van der Waals surface area (Å²) in [6.45, 7) is -0.719. The van der Waals surface area contributed by atoms with Gasteiger partial charge >= 0.3 is 5.92 Å². The molecule has 0 atom stereocenters. The van der Waals surface area contributed by atoms with Crippen molar-refractivity contribution < 1.29 is 13.5 Å². The summed E-state index contributed by atoms with van der Waals surface area (Å²) in [5.41, 5.74) is 0.610. The molecular weight excluding hydrogens is 294 g/mol. The van der Waals surface area contributed by atoms with Crippen LogP contribution in [0, 0.1) is 11.8 Å². The monoisotopic (exact) mass is 306 g/mol. The van der Waals surface area contributed by atoms with Crippen molar-refractivity contribution in [2.24, 2.45) is 0 Å². The Morgan fingerprint density at radius 3 is 2.52 bits per heavy atom. The van der Waals surface area contributed by atoms with Crippen LogP contribution < -0.4 is 4.74 Å². The summed E-state index contributed by atoms with van der Waals surface area (Å²) < 4.78 is 33.1. The molecule has 0 fully saturated rings. The maximum Gasteiger partial charge on any atom is 0.306 e. The first kappa shape index (κ1) is 15.3. The Morgan fingerprint density at radius 2 is 1.81 bits per heavy atom. The molecule has 0 radical (unpaired) electrons. The number of hydrogen-bond acceptors (Lipinski definition) is 1. The van der Waals surface area contributed by atoms with Crippen molar-refractivity contribution in [2.45, 2.75) is 5.92 Å². The van der Waals surface area contributed by atoms with Crippen LogP contribution in [-0.2, 0) is 5.92 Å². The second kappa shape index (κ2) is 7.10. The van der Waals surface area contributed by atoms with Crippen molar-refractivity contribution in [3.05, 3.63) is 65.7 Å². The molecule has 1 nitrogen and oxygen atoms in total. The van der Waals surface area contributed by atoms with Crippen LogP contribution in [0.2, 0.25) is 0 Å². The molecule has 0 unspecified atom stereocenters. The summed E-state index contributed by atoms with van der Waals surface area (Å²) in [5, 5.41) is 0. The highest BCUT2D eigenvalue weighted by Gasteiger charge is 2.32. The Balaban J connectivity index is 2.06. The van der Waals surface area contributed by atoms with Crippen molar-refractivity contribution in [1.82, 2.24) is 0 Å². The predicted molar refractivity (Wildman–Crippen MR) is 79.9 cm³/mol. The second-order valence-electron chi connectivity index (χ2n) is 4.32. The van der Waals surface area contributed by atoms with Gasteiger partial charge in [-0.15, -0.1) is 11.6 Å². The first-order chi connectivity index (χ1) is 10.1. The summed E-state index contributed by atoms with van der Waals surface area (Å²) in [7, 11) is 0. The topological polar surface area (TPSA) is 9.23 Å². The normalized spacial score (nSPS) is 10.6. The van der Waals surface area contributed by atoms with Gasteiger partial charge in [0.05, 0.1) is 5.88 Å². The van der Waals surface area contributed by atoms with Gasteiger partial charge < -0.3 is 4.74 Å². The molecule has 0 aliphatic carbocycles. The third-order valence-corrected chi connectivity index (χ3v) is 2.88. The highest BCUT2D eigenvalue weighted by Crippen LogP contribution is 2.28. The molecule has 0 bridgehead atoms. The van der Waals surface area contributed by atoms with Crippen molar-refractivity contribution in [3.63, 3.8) is 0 Å². The standard InChI is InChI=1S/C17H13ClF2O/c18-11-5-7-14-6-4-10-16(12-14)21-13-17(19,20)15-8-2-1-3-9-15/h1-4,6,8-10,12H,11,13H2. The third kappa shape index (κ3) is 4.47. The Kier molecular flexibility index (Phi) is 5.19. The molecule has 0 heterocycles. The van der Waals surface area contributed by atoms with Gasteiger partial charge in [-0.25, -0.2) is 0 Å². The molecule has 0 amide bonds. The molecule has 21 heavy (non-hydrogen) atoms.